The molecule has 0 aliphatic carbocycles. The molecule has 0 radical (unpaired) electrons. The Kier molecular flexibility index (Phi) is 4.88. The smallest absolute Gasteiger partial charge is 0.335 e. The molecule has 2 aromatic carbocycles. The van der Waals surface area contributed by atoms with Crippen LogP contribution in [0.3, 0.4) is 0 Å². The van der Waals surface area contributed by atoms with Gasteiger partial charge >= 0.3 is 5.97 Å². The number of hydrogen-bond acceptors (Lipinski definition) is 6. The summed E-state index contributed by atoms with van der Waals surface area (Å²) in [5.41, 5.74) is 1.56. The van der Waals surface area contributed by atoms with Gasteiger partial charge in [-0.3, -0.25) is 0 Å². The Hall–Kier alpha value is -3.02. The van der Waals surface area contributed by atoms with Crippen LogP contribution in [0.1, 0.15) is 17.2 Å². The van der Waals surface area contributed by atoms with Crippen LogP contribution < -0.4 is 9.47 Å². The van der Waals surface area contributed by atoms with E-state index in [1.54, 1.807) is 26.4 Å². The summed E-state index contributed by atoms with van der Waals surface area (Å²) < 4.78 is 21.5. The van der Waals surface area contributed by atoms with E-state index in [0.29, 0.717) is 17.4 Å². The lowest BCUT2D eigenvalue weighted by molar-refractivity contribution is -0.143. The fraction of sp³-hybridized carbons (Fsp3) is 0.263. The van der Waals surface area contributed by atoms with Crippen LogP contribution >= 0.6 is 0 Å². The molecule has 1 aliphatic rings. The summed E-state index contributed by atoms with van der Waals surface area (Å²) in [7, 11) is 4.46. The summed E-state index contributed by atoms with van der Waals surface area (Å²) >= 11 is 0. The predicted molar refractivity (Wildman–Crippen MR) is 92.2 cm³/mol. The Morgan fingerprint density at radius 2 is 1.72 bits per heavy atom. The summed E-state index contributed by atoms with van der Waals surface area (Å²) in [5.74, 6) is 1.12. The molecule has 0 unspecified atom stereocenters. The molecule has 2 atom stereocenters. The third kappa shape index (κ3) is 3.28. The summed E-state index contributed by atoms with van der Waals surface area (Å²) in [6.45, 7) is 0. The molecular weight excluding hydrogens is 322 g/mol. The normalized spacial score (nSPS) is 18.9. The molecule has 0 saturated heterocycles. The van der Waals surface area contributed by atoms with Crippen molar-refractivity contribution in [3.63, 3.8) is 0 Å². The SMILES string of the molecule is COC(=O)[C@H]1N=C(c2ccccc2)O[C@@H]1c1ccc(OC)c(OC)c1. The van der Waals surface area contributed by atoms with Gasteiger partial charge in [-0.05, 0) is 29.8 Å². The zero-order valence-corrected chi connectivity index (χ0v) is 14.3. The number of esters is 1. The highest BCUT2D eigenvalue weighted by atomic mass is 16.5. The average Bonchev–Trinajstić information content (AvgIpc) is 3.13. The molecule has 25 heavy (non-hydrogen) atoms. The molecule has 0 aromatic heterocycles. The summed E-state index contributed by atoms with van der Waals surface area (Å²) in [5, 5.41) is 0. The van der Waals surface area contributed by atoms with Gasteiger partial charge in [-0.15, -0.1) is 0 Å². The highest BCUT2D eigenvalue weighted by Crippen LogP contribution is 2.36. The van der Waals surface area contributed by atoms with Crippen molar-refractivity contribution in [2.45, 2.75) is 12.1 Å². The van der Waals surface area contributed by atoms with E-state index < -0.39 is 18.1 Å². The van der Waals surface area contributed by atoms with Crippen LogP contribution in [0.2, 0.25) is 0 Å². The molecular formula is C19H19NO5. The Morgan fingerprint density at radius 3 is 2.36 bits per heavy atom. The highest BCUT2D eigenvalue weighted by Gasteiger charge is 2.39. The minimum absolute atomic E-state index is 0.413. The quantitative estimate of drug-likeness (QED) is 0.783. The number of aliphatic imine (C=N–C) groups is 1. The van der Waals surface area contributed by atoms with Crippen LogP contribution in [0.15, 0.2) is 53.5 Å². The highest BCUT2D eigenvalue weighted by molar-refractivity contribution is 5.98. The van der Waals surface area contributed by atoms with Gasteiger partial charge < -0.3 is 18.9 Å². The fourth-order valence-corrected chi connectivity index (χ4v) is 2.71. The van der Waals surface area contributed by atoms with Crippen LogP contribution in [0.25, 0.3) is 0 Å². The van der Waals surface area contributed by atoms with Gasteiger partial charge in [0, 0.05) is 5.56 Å². The van der Waals surface area contributed by atoms with Crippen molar-refractivity contribution in [1.29, 1.82) is 0 Å². The van der Waals surface area contributed by atoms with Gasteiger partial charge in [0.05, 0.1) is 21.3 Å². The number of methoxy groups -OCH3 is 3. The second-order valence-electron chi connectivity index (χ2n) is 5.42. The molecule has 3 rings (SSSR count). The van der Waals surface area contributed by atoms with E-state index in [2.05, 4.69) is 4.99 Å². The molecule has 0 saturated carbocycles. The van der Waals surface area contributed by atoms with E-state index in [1.807, 2.05) is 36.4 Å². The van der Waals surface area contributed by atoms with Gasteiger partial charge in [0.15, 0.2) is 23.6 Å². The first-order valence-electron chi connectivity index (χ1n) is 7.77. The number of nitrogens with zero attached hydrogens (tertiary/aromatic N) is 1. The first-order chi connectivity index (χ1) is 12.2. The van der Waals surface area contributed by atoms with Crippen molar-refractivity contribution in [3.8, 4) is 11.5 Å². The monoisotopic (exact) mass is 341 g/mol. The van der Waals surface area contributed by atoms with Gasteiger partial charge in [0.2, 0.25) is 5.90 Å². The van der Waals surface area contributed by atoms with Gasteiger partial charge in [0.25, 0.3) is 0 Å². The van der Waals surface area contributed by atoms with E-state index in [1.165, 1.54) is 7.11 Å². The number of ether oxygens (including phenoxy) is 4. The van der Waals surface area contributed by atoms with Crippen molar-refractivity contribution in [1.82, 2.24) is 0 Å². The summed E-state index contributed by atoms with van der Waals surface area (Å²) in [6, 6.07) is 14.0. The average molecular weight is 341 g/mol. The van der Waals surface area contributed by atoms with Crippen LogP contribution in [-0.4, -0.2) is 39.2 Å². The minimum Gasteiger partial charge on any atom is -0.493 e. The zero-order chi connectivity index (χ0) is 17.8. The second-order valence-corrected chi connectivity index (χ2v) is 5.42. The van der Waals surface area contributed by atoms with Gasteiger partial charge in [-0.1, -0.05) is 24.3 Å². The molecule has 6 nitrogen and oxygen atoms in total. The lowest BCUT2D eigenvalue weighted by Gasteiger charge is -2.18. The van der Waals surface area contributed by atoms with Gasteiger partial charge in [-0.25, -0.2) is 9.79 Å². The van der Waals surface area contributed by atoms with Crippen LogP contribution in [0.4, 0.5) is 0 Å². The largest absolute Gasteiger partial charge is 0.493 e. The molecule has 6 heteroatoms. The maximum Gasteiger partial charge on any atom is 0.335 e. The number of rotatable bonds is 5. The van der Waals surface area contributed by atoms with E-state index in [9.17, 15) is 4.79 Å². The molecule has 1 aliphatic heterocycles. The van der Waals surface area contributed by atoms with E-state index in [-0.39, 0.29) is 0 Å². The Labute approximate surface area is 146 Å². The summed E-state index contributed by atoms with van der Waals surface area (Å²) in [4.78, 5) is 16.6. The number of hydrogen-bond donors (Lipinski definition) is 0. The number of carbonyl (C=O) groups excluding carboxylic acids is 1. The molecule has 0 spiro atoms. The minimum atomic E-state index is -0.779. The molecule has 0 bridgehead atoms. The molecule has 0 fully saturated rings. The maximum atomic E-state index is 12.2. The fourth-order valence-electron chi connectivity index (χ4n) is 2.71. The molecule has 0 amide bonds. The number of carbonyl (C=O) groups is 1. The van der Waals surface area contributed by atoms with E-state index in [4.69, 9.17) is 18.9 Å². The standard InChI is InChI=1S/C19H19NO5/c1-22-14-10-9-13(11-15(14)23-2)17-16(19(21)24-3)20-18(25-17)12-7-5-4-6-8-12/h4-11,16-17H,1-3H3/t16-,17+/m0/s1. The predicted octanol–water partition coefficient (Wildman–Crippen LogP) is 2.76. The van der Waals surface area contributed by atoms with Crippen LogP contribution in [0.5, 0.6) is 11.5 Å². The molecule has 130 valence electrons. The van der Waals surface area contributed by atoms with Crippen molar-refractivity contribution in [3.05, 3.63) is 59.7 Å². The first-order valence-corrected chi connectivity index (χ1v) is 7.77. The lowest BCUT2D eigenvalue weighted by Crippen LogP contribution is -2.25. The summed E-state index contributed by atoms with van der Waals surface area (Å²) in [6.07, 6.45) is -0.595. The second kappa shape index (κ2) is 7.25. The topological polar surface area (TPSA) is 66.4 Å². The first kappa shape index (κ1) is 16.8. The third-order valence-corrected chi connectivity index (χ3v) is 3.98. The van der Waals surface area contributed by atoms with Crippen LogP contribution in [-0.2, 0) is 14.3 Å². The third-order valence-electron chi connectivity index (χ3n) is 3.98. The van der Waals surface area contributed by atoms with Crippen molar-refractivity contribution in [2.75, 3.05) is 21.3 Å². The number of benzene rings is 2. The van der Waals surface area contributed by atoms with E-state index >= 15 is 0 Å². The molecule has 1 heterocycles. The Bertz CT molecular complexity index is 788. The zero-order valence-electron chi connectivity index (χ0n) is 14.3. The van der Waals surface area contributed by atoms with Crippen LogP contribution in [0, 0.1) is 0 Å². The lowest BCUT2D eigenvalue weighted by atomic mass is 10.0. The van der Waals surface area contributed by atoms with Crippen molar-refractivity contribution >= 4 is 11.9 Å². The maximum absolute atomic E-state index is 12.2. The van der Waals surface area contributed by atoms with Gasteiger partial charge in [0.1, 0.15) is 0 Å². The Morgan fingerprint density at radius 1 is 1.00 bits per heavy atom. The molecule has 0 N–H and O–H groups in total. The van der Waals surface area contributed by atoms with Crippen molar-refractivity contribution < 1.29 is 23.7 Å². The molecule has 2 aromatic rings. The van der Waals surface area contributed by atoms with Crippen molar-refractivity contribution in [2.24, 2.45) is 4.99 Å². The van der Waals surface area contributed by atoms with E-state index in [0.717, 1.165) is 11.1 Å². The van der Waals surface area contributed by atoms with Gasteiger partial charge in [-0.2, -0.15) is 0 Å². The Balaban J connectivity index is 1.96.